The first-order valence-electron chi connectivity index (χ1n) is 6.02. The largest absolute Gasteiger partial charge is 0.480 e. The summed E-state index contributed by atoms with van der Waals surface area (Å²) in [7, 11) is 0. The number of aryl methyl sites for hydroxylation is 1. The Morgan fingerprint density at radius 2 is 2.39 bits per heavy atom. The van der Waals surface area contributed by atoms with Gasteiger partial charge in [0.25, 0.3) is 0 Å². The van der Waals surface area contributed by atoms with E-state index in [-0.39, 0.29) is 12.6 Å². The van der Waals surface area contributed by atoms with E-state index in [4.69, 9.17) is 5.11 Å². The maximum Gasteiger partial charge on any atom is 0.317 e. The average Bonchev–Trinajstić information content (AvgIpc) is 2.79. The van der Waals surface area contributed by atoms with E-state index >= 15 is 0 Å². The van der Waals surface area contributed by atoms with Gasteiger partial charge in [-0.3, -0.25) is 4.79 Å². The molecule has 0 amide bonds. The molecule has 2 rings (SSSR count). The summed E-state index contributed by atoms with van der Waals surface area (Å²) in [6, 6.07) is 6.59. The molecule has 4 nitrogen and oxygen atoms in total. The fourth-order valence-corrected chi connectivity index (χ4v) is 2.54. The number of carbonyl (C=O) groups is 1. The Balaban J connectivity index is 1.95. The van der Waals surface area contributed by atoms with Gasteiger partial charge in [0.15, 0.2) is 0 Å². The molecular weight excluding hydrogens is 296 g/mol. The van der Waals surface area contributed by atoms with Crippen molar-refractivity contribution in [3.8, 4) is 0 Å². The molecule has 5 heteroatoms. The summed E-state index contributed by atoms with van der Waals surface area (Å²) in [6.45, 7) is 3.93. The predicted molar refractivity (Wildman–Crippen MR) is 75.1 cm³/mol. The molecule has 1 aliphatic heterocycles. The number of carboxylic acid groups (broad SMARTS) is 1. The van der Waals surface area contributed by atoms with Crippen LogP contribution in [0.4, 0.5) is 5.69 Å². The second-order valence-electron chi connectivity index (χ2n) is 4.64. The van der Waals surface area contributed by atoms with Crippen LogP contribution < -0.4 is 10.2 Å². The van der Waals surface area contributed by atoms with Crippen LogP contribution in [0.25, 0.3) is 0 Å². The minimum atomic E-state index is -0.800. The molecule has 1 aromatic carbocycles. The zero-order valence-corrected chi connectivity index (χ0v) is 11.9. The van der Waals surface area contributed by atoms with Gasteiger partial charge >= 0.3 is 5.97 Å². The summed E-state index contributed by atoms with van der Waals surface area (Å²) in [4.78, 5) is 12.8. The van der Waals surface area contributed by atoms with Gasteiger partial charge in [-0.2, -0.15) is 0 Å². The maximum atomic E-state index is 10.5. The quantitative estimate of drug-likeness (QED) is 0.893. The fourth-order valence-electron chi connectivity index (χ4n) is 2.17. The summed E-state index contributed by atoms with van der Waals surface area (Å²) in [5.74, 6) is -0.800. The van der Waals surface area contributed by atoms with Crippen LogP contribution in [0.5, 0.6) is 0 Å². The Labute approximate surface area is 115 Å². The van der Waals surface area contributed by atoms with Crippen molar-refractivity contribution in [3.05, 3.63) is 28.2 Å². The third kappa shape index (κ3) is 3.23. The highest BCUT2D eigenvalue weighted by Crippen LogP contribution is 2.26. The van der Waals surface area contributed by atoms with Crippen molar-refractivity contribution in [2.24, 2.45) is 0 Å². The number of nitrogens with zero attached hydrogens (tertiary/aromatic N) is 1. The van der Waals surface area contributed by atoms with Crippen molar-refractivity contribution < 1.29 is 9.90 Å². The molecule has 1 fully saturated rings. The molecule has 0 aliphatic carbocycles. The van der Waals surface area contributed by atoms with Gasteiger partial charge in [0, 0.05) is 29.3 Å². The van der Waals surface area contributed by atoms with Crippen LogP contribution in [0, 0.1) is 6.92 Å². The average molecular weight is 313 g/mol. The van der Waals surface area contributed by atoms with Crippen LogP contribution in [0.15, 0.2) is 22.7 Å². The Bertz CT molecular complexity index is 451. The molecule has 0 saturated carbocycles. The molecule has 0 spiro atoms. The summed E-state index contributed by atoms with van der Waals surface area (Å²) in [6.07, 6.45) is 0.985. The van der Waals surface area contributed by atoms with Crippen molar-refractivity contribution in [2.45, 2.75) is 19.4 Å². The number of hydrogen-bond donors (Lipinski definition) is 2. The Hall–Kier alpha value is -1.07. The lowest BCUT2D eigenvalue weighted by Crippen LogP contribution is -2.35. The van der Waals surface area contributed by atoms with Gasteiger partial charge in [0.1, 0.15) is 0 Å². The zero-order valence-electron chi connectivity index (χ0n) is 10.3. The van der Waals surface area contributed by atoms with Crippen LogP contribution in [0.1, 0.15) is 12.0 Å². The standard InChI is InChI=1S/C13H17BrN2O2/c1-9-2-3-11(6-12(9)14)16-5-4-10(8-16)15-7-13(17)18/h2-3,6,10,15H,4-5,7-8H2,1H3,(H,17,18). The SMILES string of the molecule is Cc1ccc(N2CCC(NCC(=O)O)C2)cc1Br. The molecular formula is C13H17BrN2O2. The zero-order chi connectivity index (χ0) is 13.1. The molecule has 0 aromatic heterocycles. The molecule has 1 atom stereocenters. The number of rotatable bonds is 4. The summed E-state index contributed by atoms with van der Waals surface area (Å²) >= 11 is 3.54. The molecule has 1 aromatic rings. The first-order valence-corrected chi connectivity index (χ1v) is 6.82. The molecule has 1 saturated heterocycles. The van der Waals surface area contributed by atoms with Crippen LogP contribution in [0.2, 0.25) is 0 Å². The predicted octanol–water partition coefficient (Wildman–Crippen LogP) is 2.01. The van der Waals surface area contributed by atoms with Crippen LogP contribution >= 0.6 is 15.9 Å². The molecule has 98 valence electrons. The van der Waals surface area contributed by atoms with Crippen molar-refractivity contribution in [3.63, 3.8) is 0 Å². The second kappa shape index (κ2) is 5.71. The number of carboxylic acids is 1. The maximum absolute atomic E-state index is 10.5. The number of hydrogen-bond acceptors (Lipinski definition) is 3. The Morgan fingerprint density at radius 3 is 3.06 bits per heavy atom. The van der Waals surface area contributed by atoms with Crippen molar-refractivity contribution in [2.75, 3.05) is 24.5 Å². The van der Waals surface area contributed by atoms with E-state index in [2.05, 4.69) is 51.3 Å². The monoisotopic (exact) mass is 312 g/mol. The van der Waals surface area contributed by atoms with Crippen LogP contribution in [0.3, 0.4) is 0 Å². The molecule has 18 heavy (non-hydrogen) atoms. The summed E-state index contributed by atoms with van der Waals surface area (Å²) in [5.41, 5.74) is 2.41. The van der Waals surface area contributed by atoms with Gasteiger partial charge in [-0.25, -0.2) is 0 Å². The number of nitrogens with one attached hydrogen (secondary N) is 1. The highest BCUT2D eigenvalue weighted by molar-refractivity contribution is 9.10. The number of aliphatic carboxylic acids is 1. The molecule has 1 unspecified atom stereocenters. The van der Waals surface area contributed by atoms with Gasteiger partial charge in [0.2, 0.25) is 0 Å². The number of benzene rings is 1. The summed E-state index contributed by atoms with van der Waals surface area (Å²) in [5, 5.41) is 11.7. The van der Waals surface area contributed by atoms with Gasteiger partial charge in [-0.05, 0) is 31.0 Å². The highest BCUT2D eigenvalue weighted by Gasteiger charge is 2.22. The van der Waals surface area contributed by atoms with E-state index < -0.39 is 5.97 Å². The number of anilines is 1. The summed E-state index contributed by atoms with van der Waals surface area (Å²) < 4.78 is 1.11. The van der Waals surface area contributed by atoms with E-state index in [1.165, 1.54) is 11.3 Å². The highest BCUT2D eigenvalue weighted by atomic mass is 79.9. The van der Waals surface area contributed by atoms with E-state index in [9.17, 15) is 4.79 Å². The molecule has 1 aliphatic rings. The van der Waals surface area contributed by atoms with Gasteiger partial charge < -0.3 is 15.3 Å². The van der Waals surface area contributed by atoms with E-state index in [0.717, 1.165) is 24.0 Å². The minimum absolute atomic E-state index is 0.0378. The topological polar surface area (TPSA) is 52.6 Å². The lowest BCUT2D eigenvalue weighted by Gasteiger charge is -2.19. The molecule has 2 N–H and O–H groups in total. The van der Waals surface area contributed by atoms with E-state index in [1.807, 2.05) is 0 Å². The Morgan fingerprint density at radius 1 is 1.61 bits per heavy atom. The van der Waals surface area contributed by atoms with Gasteiger partial charge in [0.05, 0.1) is 6.54 Å². The van der Waals surface area contributed by atoms with E-state index in [1.54, 1.807) is 0 Å². The van der Waals surface area contributed by atoms with Crippen LogP contribution in [-0.2, 0) is 4.79 Å². The minimum Gasteiger partial charge on any atom is -0.480 e. The second-order valence-corrected chi connectivity index (χ2v) is 5.49. The lowest BCUT2D eigenvalue weighted by atomic mass is 10.2. The van der Waals surface area contributed by atoms with Crippen LogP contribution in [-0.4, -0.2) is 36.8 Å². The lowest BCUT2D eigenvalue weighted by molar-refractivity contribution is -0.136. The fraction of sp³-hybridized carbons (Fsp3) is 0.462. The van der Waals surface area contributed by atoms with Gasteiger partial charge in [-0.1, -0.05) is 22.0 Å². The normalized spacial score (nSPS) is 19.2. The van der Waals surface area contributed by atoms with Crippen molar-refractivity contribution in [1.82, 2.24) is 5.32 Å². The molecule has 0 bridgehead atoms. The van der Waals surface area contributed by atoms with Crippen molar-refractivity contribution >= 4 is 27.6 Å². The molecule has 0 radical (unpaired) electrons. The Kier molecular flexibility index (Phi) is 4.24. The van der Waals surface area contributed by atoms with Crippen molar-refractivity contribution in [1.29, 1.82) is 0 Å². The third-order valence-electron chi connectivity index (χ3n) is 3.25. The third-order valence-corrected chi connectivity index (χ3v) is 4.11. The smallest absolute Gasteiger partial charge is 0.317 e. The first-order chi connectivity index (χ1) is 8.56. The van der Waals surface area contributed by atoms with Gasteiger partial charge in [-0.15, -0.1) is 0 Å². The molecule has 1 heterocycles. The number of halogens is 1. The first kappa shape index (κ1) is 13.4. The van der Waals surface area contributed by atoms with E-state index in [0.29, 0.717) is 0 Å².